The maximum atomic E-state index is 11.9. The lowest BCUT2D eigenvalue weighted by Gasteiger charge is -2.27. The van der Waals surface area contributed by atoms with Crippen LogP contribution < -0.4 is 0 Å². The van der Waals surface area contributed by atoms with Crippen LogP contribution in [0, 0.1) is 13.8 Å². The van der Waals surface area contributed by atoms with E-state index in [0.29, 0.717) is 23.3 Å². The molecule has 6 aromatic carbocycles. The van der Waals surface area contributed by atoms with E-state index >= 15 is 0 Å². The Morgan fingerprint density at radius 3 is 1.14 bits per heavy atom. The van der Waals surface area contributed by atoms with Crippen LogP contribution in [-0.2, 0) is 35.8 Å². The lowest BCUT2D eigenvalue weighted by molar-refractivity contribution is 0.445. The number of aryl methyl sites for hydroxylation is 4. The van der Waals surface area contributed by atoms with Gasteiger partial charge in [0.15, 0.2) is 11.6 Å². The highest BCUT2D eigenvalue weighted by molar-refractivity contribution is 5.97. The number of imidazole rings is 2. The van der Waals surface area contributed by atoms with Crippen molar-refractivity contribution in [1.29, 1.82) is 0 Å². The van der Waals surface area contributed by atoms with Gasteiger partial charge in [-0.2, -0.15) is 0 Å². The van der Waals surface area contributed by atoms with Crippen molar-refractivity contribution in [3.05, 3.63) is 137 Å². The summed E-state index contributed by atoms with van der Waals surface area (Å²) in [6, 6.07) is 33.8. The summed E-state index contributed by atoms with van der Waals surface area (Å²) in [6.45, 7) is 30.2. The third kappa shape index (κ3) is 8.64. The zero-order chi connectivity index (χ0) is 50.6. The Bertz CT molecular complexity index is 3320. The molecule has 0 radical (unpaired) electrons. The molecule has 9 rings (SSSR count). The maximum absolute atomic E-state index is 11.9. The van der Waals surface area contributed by atoms with E-state index in [1.54, 1.807) is 6.33 Å². The highest BCUT2D eigenvalue weighted by Crippen LogP contribution is 2.45. The first-order valence-corrected chi connectivity index (χ1v) is 24.3. The summed E-state index contributed by atoms with van der Waals surface area (Å²) in [7, 11) is 4.04. The molecule has 70 heavy (non-hydrogen) atoms. The van der Waals surface area contributed by atoms with E-state index < -0.39 is 0 Å². The van der Waals surface area contributed by atoms with E-state index in [9.17, 15) is 10.2 Å². The van der Waals surface area contributed by atoms with Gasteiger partial charge >= 0.3 is 0 Å². The second-order valence-corrected chi connectivity index (χ2v) is 23.5. The van der Waals surface area contributed by atoms with Gasteiger partial charge in [0, 0.05) is 47.5 Å². The number of benzene rings is 6. The summed E-state index contributed by atoms with van der Waals surface area (Å²) < 4.78 is 4.18. The van der Waals surface area contributed by atoms with E-state index in [1.165, 1.54) is 0 Å². The average Bonchev–Trinajstić information content (AvgIpc) is 3.80. The predicted octanol–water partition coefficient (Wildman–Crippen LogP) is 14.9. The van der Waals surface area contributed by atoms with Crippen molar-refractivity contribution in [3.8, 4) is 79.3 Å². The van der Waals surface area contributed by atoms with Gasteiger partial charge in [-0.25, -0.2) is 24.9 Å². The zero-order valence-corrected chi connectivity index (χ0v) is 43.8. The van der Waals surface area contributed by atoms with Crippen molar-refractivity contribution in [1.82, 2.24) is 34.1 Å². The molecule has 9 heteroatoms. The Labute approximate surface area is 413 Å². The van der Waals surface area contributed by atoms with Crippen molar-refractivity contribution in [2.45, 2.75) is 119 Å². The van der Waals surface area contributed by atoms with Crippen LogP contribution in [0.2, 0.25) is 0 Å². The number of fused-ring (bicyclic) bond motifs is 2. The molecular formula is C61H67N7O2. The van der Waals surface area contributed by atoms with Crippen molar-refractivity contribution in [2.75, 3.05) is 0 Å². The van der Waals surface area contributed by atoms with Crippen molar-refractivity contribution in [2.24, 2.45) is 14.1 Å². The SMILES string of the molecule is Cc1cc(-c2ncnc(-c3cc(C)cc(-c4cccc5c4nc(-c4cc(C(C)(C)C)cc(C(C)(C)C)c4O)n5C)c3)n2)cc(-c2cccc3c2nc(-c2cc(C(C)(C)C)cc(C(C)(C)C)c2O)n3C)c1. The second-order valence-electron chi connectivity index (χ2n) is 23.5. The Hall–Kier alpha value is -7.13. The highest BCUT2D eigenvalue weighted by atomic mass is 16.3. The van der Waals surface area contributed by atoms with Crippen LogP contribution in [0.5, 0.6) is 11.5 Å². The molecule has 0 spiro atoms. The summed E-state index contributed by atoms with van der Waals surface area (Å²) in [4.78, 5) is 25.2. The molecule has 3 heterocycles. The molecule has 0 unspecified atom stereocenters. The Morgan fingerprint density at radius 1 is 0.414 bits per heavy atom. The molecule has 9 aromatic rings. The monoisotopic (exact) mass is 930 g/mol. The summed E-state index contributed by atoms with van der Waals surface area (Å²) in [5.74, 6) is 3.08. The Balaban J connectivity index is 1.11. The van der Waals surface area contributed by atoms with Gasteiger partial charge in [0.05, 0.1) is 33.2 Å². The summed E-state index contributed by atoms with van der Waals surface area (Å²) in [6.07, 6.45) is 1.59. The molecule has 0 bridgehead atoms. The predicted molar refractivity (Wildman–Crippen MR) is 289 cm³/mol. The number of rotatable bonds is 6. The largest absolute Gasteiger partial charge is 0.507 e. The Kier molecular flexibility index (Phi) is 11.5. The molecule has 358 valence electrons. The van der Waals surface area contributed by atoms with Crippen LogP contribution >= 0.6 is 0 Å². The van der Waals surface area contributed by atoms with E-state index in [2.05, 4.69) is 203 Å². The minimum absolute atomic E-state index is 0.130. The van der Waals surface area contributed by atoms with Crippen LogP contribution in [0.1, 0.15) is 116 Å². The first-order chi connectivity index (χ1) is 32.7. The van der Waals surface area contributed by atoms with Gasteiger partial charge in [0.25, 0.3) is 0 Å². The molecule has 3 aromatic heterocycles. The van der Waals surface area contributed by atoms with E-state index in [-0.39, 0.29) is 33.2 Å². The maximum Gasteiger partial charge on any atom is 0.163 e. The van der Waals surface area contributed by atoms with E-state index in [1.807, 2.05) is 14.1 Å². The van der Waals surface area contributed by atoms with Gasteiger partial charge in [-0.05, 0) is 117 Å². The standard InChI is InChI=1S/C61H67N7O2/c1-34-23-36(42-19-17-21-48-50(42)64-56(67(48)15)44-29-40(58(3,4)5)31-46(52(44)69)60(9,10)11)27-38(25-34)54-62-33-63-55(66-54)39-26-35(2)24-37(28-39)43-20-18-22-49-51(43)65-57(68(49)16)45-30-41(59(6,7)8)32-47(53(45)70)61(12,13)14/h17-33,69-70H,1-16H3. The fourth-order valence-corrected chi connectivity index (χ4v) is 9.71. The molecule has 0 atom stereocenters. The lowest BCUT2D eigenvalue weighted by Crippen LogP contribution is -2.17. The van der Waals surface area contributed by atoms with Crippen LogP contribution in [0.4, 0.5) is 0 Å². The minimum atomic E-state index is -0.271. The van der Waals surface area contributed by atoms with Gasteiger partial charge in [-0.3, -0.25) is 0 Å². The number of aromatic nitrogens is 7. The normalized spacial score (nSPS) is 12.7. The quantitative estimate of drug-likeness (QED) is 0.171. The van der Waals surface area contributed by atoms with Crippen molar-refractivity contribution < 1.29 is 10.2 Å². The summed E-state index contributed by atoms with van der Waals surface area (Å²) in [5, 5.41) is 23.7. The van der Waals surface area contributed by atoms with Gasteiger partial charge in [-0.15, -0.1) is 0 Å². The van der Waals surface area contributed by atoms with Gasteiger partial charge in [-0.1, -0.05) is 132 Å². The molecular weight excluding hydrogens is 863 g/mol. The molecule has 0 fully saturated rings. The fraction of sp³-hybridized carbons (Fsp3) is 0.328. The molecule has 2 N–H and O–H groups in total. The average molecular weight is 930 g/mol. The lowest BCUT2D eigenvalue weighted by atomic mass is 9.79. The van der Waals surface area contributed by atoms with Gasteiger partial charge in [0.1, 0.15) is 29.5 Å². The highest BCUT2D eigenvalue weighted by Gasteiger charge is 2.30. The molecule has 0 saturated carbocycles. The molecule has 9 nitrogen and oxygen atoms in total. The number of phenolic OH excluding ortho intramolecular Hbond substituents is 2. The Morgan fingerprint density at radius 2 is 0.786 bits per heavy atom. The second kappa shape index (κ2) is 16.8. The van der Waals surface area contributed by atoms with Crippen LogP contribution in [0.25, 0.3) is 89.9 Å². The number of phenols is 2. The van der Waals surface area contributed by atoms with E-state index in [4.69, 9.17) is 24.9 Å². The molecule has 0 aliphatic heterocycles. The van der Waals surface area contributed by atoms with Crippen molar-refractivity contribution >= 4 is 22.1 Å². The van der Waals surface area contributed by atoms with Crippen LogP contribution in [-0.4, -0.2) is 44.3 Å². The van der Waals surface area contributed by atoms with Gasteiger partial charge < -0.3 is 19.3 Å². The first kappa shape index (κ1) is 47.9. The number of para-hydroxylation sites is 2. The number of hydrogen-bond donors (Lipinski definition) is 2. The van der Waals surface area contributed by atoms with Gasteiger partial charge in [0.2, 0.25) is 0 Å². The third-order valence-electron chi connectivity index (χ3n) is 13.7. The van der Waals surface area contributed by atoms with Crippen LogP contribution in [0.3, 0.4) is 0 Å². The summed E-state index contributed by atoms with van der Waals surface area (Å²) >= 11 is 0. The van der Waals surface area contributed by atoms with Crippen molar-refractivity contribution in [3.63, 3.8) is 0 Å². The zero-order valence-electron chi connectivity index (χ0n) is 43.8. The molecule has 0 aliphatic carbocycles. The minimum Gasteiger partial charge on any atom is -0.507 e. The third-order valence-corrected chi connectivity index (χ3v) is 13.7. The fourth-order valence-electron chi connectivity index (χ4n) is 9.71. The molecule has 0 aliphatic rings. The number of aromatic hydroxyl groups is 2. The van der Waals surface area contributed by atoms with Crippen LogP contribution in [0.15, 0.2) is 103 Å². The molecule has 0 amide bonds. The number of hydrogen-bond acceptors (Lipinski definition) is 7. The number of nitrogens with zero attached hydrogens (tertiary/aromatic N) is 7. The molecule has 0 saturated heterocycles. The topological polar surface area (TPSA) is 115 Å². The first-order valence-electron chi connectivity index (χ1n) is 24.3. The van der Waals surface area contributed by atoms with E-state index in [0.717, 1.165) is 100.0 Å². The summed E-state index contributed by atoms with van der Waals surface area (Å²) in [5.41, 5.74) is 16.1. The smallest absolute Gasteiger partial charge is 0.163 e.